The van der Waals surface area contributed by atoms with Crippen molar-refractivity contribution in [1.29, 1.82) is 0 Å². The van der Waals surface area contributed by atoms with Crippen molar-refractivity contribution >= 4 is 11.8 Å². The van der Waals surface area contributed by atoms with Gasteiger partial charge in [0, 0.05) is 11.4 Å². The Labute approximate surface area is 177 Å². The van der Waals surface area contributed by atoms with Crippen molar-refractivity contribution in [1.82, 2.24) is 14.8 Å². The number of benzene rings is 3. The molecule has 0 bridgehead atoms. The first kappa shape index (κ1) is 20.1. The predicted octanol–water partition coefficient (Wildman–Crippen LogP) is 5.82. The summed E-state index contributed by atoms with van der Waals surface area (Å²) in [4.78, 5) is 0. The van der Waals surface area contributed by atoms with E-state index < -0.39 is 11.6 Å². The van der Waals surface area contributed by atoms with E-state index in [1.54, 1.807) is 13.2 Å². The van der Waals surface area contributed by atoms with Gasteiger partial charge in [-0.2, -0.15) is 0 Å². The van der Waals surface area contributed by atoms with Crippen LogP contribution in [0.1, 0.15) is 11.1 Å². The van der Waals surface area contributed by atoms with Crippen LogP contribution in [0.15, 0.2) is 71.9 Å². The van der Waals surface area contributed by atoms with Gasteiger partial charge in [-0.3, -0.25) is 4.57 Å². The molecule has 1 aromatic heterocycles. The largest absolute Gasteiger partial charge is 0.496 e. The average molecular weight is 423 g/mol. The normalized spacial score (nSPS) is 10.9. The number of rotatable bonds is 6. The fourth-order valence-corrected chi connectivity index (χ4v) is 4.04. The second-order valence-electron chi connectivity index (χ2n) is 6.72. The Morgan fingerprint density at radius 3 is 2.53 bits per heavy atom. The molecule has 0 aliphatic carbocycles. The van der Waals surface area contributed by atoms with Crippen LogP contribution in [0, 0.1) is 18.6 Å². The van der Waals surface area contributed by atoms with Crippen LogP contribution in [0.3, 0.4) is 0 Å². The Hall–Kier alpha value is -3.19. The fourth-order valence-electron chi connectivity index (χ4n) is 3.14. The Morgan fingerprint density at radius 2 is 1.77 bits per heavy atom. The van der Waals surface area contributed by atoms with Crippen molar-refractivity contribution in [2.75, 3.05) is 7.11 Å². The third-order valence-electron chi connectivity index (χ3n) is 4.59. The van der Waals surface area contributed by atoms with Crippen molar-refractivity contribution in [3.8, 4) is 22.8 Å². The summed E-state index contributed by atoms with van der Waals surface area (Å²) in [6, 6.07) is 19.5. The Balaban J connectivity index is 1.77. The van der Waals surface area contributed by atoms with E-state index in [-0.39, 0.29) is 0 Å². The van der Waals surface area contributed by atoms with Crippen LogP contribution in [0.5, 0.6) is 5.75 Å². The van der Waals surface area contributed by atoms with Crippen molar-refractivity contribution in [2.45, 2.75) is 17.8 Å². The minimum Gasteiger partial charge on any atom is -0.496 e. The van der Waals surface area contributed by atoms with Crippen molar-refractivity contribution in [3.63, 3.8) is 0 Å². The van der Waals surface area contributed by atoms with Gasteiger partial charge in [0.25, 0.3) is 0 Å². The first-order valence-electron chi connectivity index (χ1n) is 9.29. The summed E-state index contributed by atoms with van der Waals surface area (Å²) in [5, 5.41) is 9.45. The van der Waals surface area contributed by atoms with Gasteiger partial charge < -0.3 is 4.74 Å². The van der Waals surface area contributed by atoms with Crippen LogP contribution in [-0.2, 0) is 5.75 Å². The molecule has 0 aliphatic heterocycles. The summed E-state index contributed by atoms with van der Waals surface area (Å²) in [6.07, 6.45) is 0. The van der Waals surface area contributed by atoms with Gasteiger partial charge in [-0.25, -0.2) is 8.78 Å². The van der Waals surface area contributed by atoms with Crippen LogP contribution in [-0.4, -0.2) is 21.9 Å². The van der Waals surface area contributed by atoms with Crippen LogP contribution >= 0.6 is 11.8 Å². The molecule has 0 radical (unpaired) electrons. The number of hydrogen-bond donors (Lipinski definition) is 0. The van der Waals surface area contributed by atoms with E-state index in [2.05, 4.69) is 10.2 Å². The predicted molar refractivity (Wildman–Crippen MR) is 114 cm³/mol. The lowest BCUT2D eigenvalue weighted by Gasteiger charge is -2.13. The number of aryl methyl sites for hydroxylation is 1. The van der Waals surface area contributed by atoms with Crippen LogP contribution < -0.4 is 4.74 Å². The van der Waals surface area contributed by atoms with E-state index in [0.29, 0.717) is 28.0 Å². The molecular weight excluding hydrogens is 404 g/mol. The summed E-state index contributed by atoms with van der Waals surface area (Å²) in [7, 11) is 1.62. The number of ether oxygens (including phenoxy) is 1. The van der Waals surface area contributed by atoms with Crippen molar-refractivity contribution in [3.05, 3.63) is 89.5 Å². The van der Waals surface area contributed by atoms with Crippen molar-refractivity contribution < 1.29 is 13.5 Å². The Bertz CT molecular complexity index is 1190. The molecule has 0 saturated carbocycles. The Morgan fingerprint density at radius 1 is 0.933 bits per heavy atom. The zero-order valence-electron chi connectivity index (χ0n) is 16.5. The van der Waals surface area contributed by atoms with Gasteiger partial charge in [-0.05, 0) is 54.4 Å². The summed E-state index contributed by atoms with van der Waals surface area (Å²) in [5.74, 6) is 0.0440. The highest BCUT2D eigenvalue weighted by molar-refractivity contribution is 7.98. The molecule has 0 atom stereocenters. The molecule has 0 aliphatic rings. The molecule has 4 nitrogen and oxygen atoms in total. The molecule has 152 valence electrons. The molecule has 0 N–H and O–H groups in total. The molecule has 0 fully saturated rings. The topological polar surface area (TPSA) is 39.9 Å². The number of hydrogen-bond acceptors (Lipinski definition) is 4. The molecule has 3 aromatic carbocycles. The second kappa shape index (κ2) is 8.67. The number of nitrogens with zero attached hydrogens (tertiary/aromatic N) is 3. The number of para-hydroxylation sites is 1. The minimum absolute atomic E-state index is 0.424. The van der Waals surface area contributed by atoms with Crippen LogP contribution in [0.2, 0.25) is 0 Å². The van der Waals surface area contributed by atoms with Gasteiger partial charge in [-0.1, -0.05) is 42.1 Å². The van der Waals surface area contributed by atoms with Crippen LogP contribution in [0.25, 0.3) is 17.1 Å². The first-order chi connectivity index (χ1) is 14.6. The van der Waals surface area contributed by atoms with E-state index in [9.17, 15) is 8.78 Å². The molecule has 4 rings (SSSR count). The highest BCUT2D eigenvalue weighted by atomic mass is 32.2. The molecular formula is C23H19F2N3OS. The van der Waals surface area contributed by atoms with E-state index in [0.717, 1.165) is 22.9 Å². The molecule has 0 unspecified atom stereocenters. The molecule has 1 heterocycles. The van der Waals surface area contributed by atoms with E-state index in [4.69, 9.17) is 4.74 Å². The maximum absolute atomic E-state index is 13.6. The third kappa shape index (κ3) is 4.07. The number of aromatic nitrogens is 3. The summed E-state index contributed by atoms with van der Waals surface area (Å²) >= 11 is 1.40. The average Bonchev–Trinajstić information content (AvgIpc) is 3.18. The van der Waals surface area contributed by atoms with E-state index in [1.165, 1.54) is 17.8 Å². The van der Waals surface area contributed by atoms with Crippen LogP contribution in [0.4, 0.5) is 8.78 Å². The molecule has 0 saturated heterocycles. The first-order valence-corrected chi connectivity index (χ1v) is 10.3. The lowest BCUT2D eigenvalue weighted by Crippen LogP contribution is -2.01. The lowest BCUT2D eigenvalue weighted by molar-refractivity contribution is 0.416. The third-order valence-corrected chi connectivity index (χ3v) is 5.59. The minimum atomic E-state index is -0.858. The summed E-state index contributed by atoms with van der Waals surface area (Å²) in [6.45, 7) is 2.02. The van der Waals surface area contributed by atoms with E-state index >= 15 is 0 Å². The quantitative estimate of drug-likeness (QED) is 0.366. The maximum atomic E-state index is 13.6. The van der Waals surface area contributed by atoms with Gasteiger partial charge in [-0.15, -0.1) is 10.2 Å². The Kier molecular flexibility index (Phi) is 5.81. The molecule has 0 spiro atoms. The summed E-state index contributed by atoms with van der Waals surface area (Å²) < 4.78 is 34.3. The zero-order valence-corrected chi connectivity index (χ0v) is 17.3. The smallest absolute Gasteiger partial charge is 0.196 e. The lowest BCUT2D eigenvalue weighted by atomic mass is 10.1. The van der Waals surface area contributed by atoms with Crippen molar-refractivity contribution in [2.24, 2.45) is 0 Å². The maximum Gasteiger partial charge on any atom is 0.196 e. The highest BCUT2D eigenvalue weighted by Crippen LogP contribution is 2.34. The molecule has 30 heavy (non-hydrogen) atoms. The summed E-state index contributed by atoms with van der Waals surface area (Å²) in [5.41, 5.74) is 3.49. The standard InChI is InChI=1S/C23H19F2N3OS/c1-15-6-5-7-17(12-15)28-22(18-8-3-4-9-21(18)29-2)26-27-23(28)30-14-16-10-11-19(24)20(25)13-16/h3-13H,14H2,1-2H3. The molecule has 0 amide bonds. The highest BCUT2D eigenvalue weighted by Gasteiger charge is 2.19. The van der Waals surface area contributed by atoms with E-state index in [1.807, 2.05) is 60.0 Å². The molecule has 4 aromatic rings. The van der Waals surface area contributed by atoms with Gasteiger partial charge in [0.15, 0.2) is 22.6 Å². The number of thioether (sulfide) groups is 1. The van der Waals surface area contributed by atoms with Gasteiger partial charge in [0.05, 0.1) is 12.7 Å². The monoisotopic (exact) mass is 423 g/mol. The SMILES string of the molecule is COc1ccccc1-c1nnc(SCc2ccc(F)c(F)c2)n1-c1cccc(C)c1. The second-order valence-corrected chi connectivity index (χ2v) is 7.66. The molecule has 7 heteroatoms. The number of halogens is 2. The fraction of sp³-hybridized carbons (Fsp3) is 0.130. The van der Waals surface area contributed by atoms with Gasteiger partial charge in [0.2, 0.25) is 0 Å². The number of methoxy groups -OCH3 is 1. The zero-order chi connectivity index (χ0) is 21.1. The van der Waals surface area contributed by atoms with Gasteiger partial charge >= 0.3 is 0 Å². The van der Waals surface area contributed by atoms with Gasteiger partial charge in [0.1, 0.15) is 5.75 Å².